The van der Waals surface area contributed by atoms with E-state index < -0.39 is 5.97 Å². The van der Waals surface area contributed by atoms with E-state index in [0.717, 1.165) is 11.4 Å². The van der Waals surface area contributed by atoms with Crippen LogP contribution in [0.3, 0.4) is 0 Å². The summed E-state index contributed by atoms with van der Waals surface area (Å²) in [7, 11) is 0. The molecule has 0 saturated heterocycles. The van der Waals surface area contributed by atoms with Crippen LogP contribution in [0.4, 0.5) is 0 Å². The van der Waals surface area contributed by atoms with Crippen LogP contribution in [-0.4, -0.2) is 26.8 Å². The van der Waals surface area contributed by atoms with Crippen molar-refractivity contribution in [3.63, 3.8) is 0 Å². The van der Waals surface area contributed by atoms with Crippen LogP contribution >= 0.6 is 11.8 Å². The number of nitrogens with zero attached hydrogens (tertiary/aromatic N) is 1. The lowest BCUT2D eigenvalue weighted by atomic mass is 10.4. The van der Waals surface area contributed by atoms with Crippen molar-refractivity contribution >= 4 is 17.7 Å². The molecule has 4 nitrogen and oxygen atoms in total. The molecule has 0 saturated carbocycles. The number of terminal acetylenes is 1. The number of H-pyrrole nitrogens is 1. The maximum atomic E-state index is 10.2. The molecule has 2 N–H and O–H groups in total. The number of nitrogens with one attached hydrogen (secondary N) is 1. The average Bonchev–Trinajstić information content (AvgIpc) is 3.01. The van der Waals surface area contributed by atoms with Gasteiger partial charge in [-0.3, -0.25) is 4.79 Å². The van der Waals surface area contributed by atoms with E-state index in [0.29, 0.717) is 5.16 Å². The summed E-state index contributed by atoms with van der Waals surface area (Å²) in [5, 5.41) is 9.06. The molecule has 0 radical (unpaired) electrons. The quantitative estimate of drug-likeness (QED) is 0.303. The Morgan fingerprint density at radius 3 is 2.04 bits per heavy atom. The first-order chi connectivity index (χ1) is 13.3. The number of allylic oxidation sites excluding steroid dienone is 5. The van der Waals surface area contributed by atoms with E-state index in [1.807, 2.05) is 58.9 Å². The molecule has 160 valence electrons. The molecule has 0 fully saturated rings. The number of rotatable bonds is 6. The fraction of sp³-hybridized carbons (Fsp3) is 0.478. The highest BCUT2D eigenvalue weighted by molar-refractivity contribution is 7.99. The Hall–Kier alpha value is -2.19. The van der Waals surface area contributed by atoms with Crippen LogP contribution < -0.4 is 0 Å². The molecule has 0 aliphatic carbocycles. The number of carboxylic acid groups (broad SMARTS) is 1. The monoisotopic (exact) mass is 408 g/mol. The van der Waals surface area contributed by atoms with Gasteiger partial charge in [-0.25, -0.2) is 4.98 Å². The highest BCUT2D eigenvalue weighted by Gasteiger charge is 2.04. The number of carboxylic acids is 1. The molecule has 0 amide bonds. The molecule has 0 aliphatic rings. The van der Waals surface area contributed by atoms with Gasteiger partial charge in [0.25, 0.3) is 0 Å². The molecule has 0 unspecified atom stereocenters. The number of aromatic amines is 1. The first-order valence-corrected chi connectivity index (χ1v) is 10.5. The Morgan fingerprint density at radius 1 is 1.25 bits per heavy atom. The first kappa shape index (κ1) is 33.4. The number of carbonyl (C=O) groups is 1. The van der Waals surface area contributed by atoms with Gasteiger partial charge in [0.1, 0.15) is 0 Å². The van der Waals surface area contributed by atoms with Gasteiger partial charge in [0.15, 0.2) is 5.16 Å². The number of thioether (sulfide) groups is 1. The maximum absolute atomic E-state index is 10.2. The second-order valence-corrected chi connectivity index (χ2v) is 5.83. The topological polar surface area (TPSA) is 66.0 Å². The highest BCUT2D eigenvalue weighted by atomic mass is 32.2. The van der Waals surface area contributed by atoms with Gasteiger partial charge in [-0.1, -0.05) is 89.3 Å². The normalized spacial score (nSPS) is 8.68. The zero-order chi connectivity index (χ0) is 22.8. The second-order valence-electron chi connectivity index (χ2n) is 4.87. The second kappa shape index (κ2) is 29.6. The van der Waals surface area contributed by atoms with Crippen molar-refractivity contribution in [1.82, 2.24) is 9.97 Å². The van der Waals surface area contributed by atoms with Crippen molar-refractivity contribution in [2.75, 3.05) is 5.75 Å². The molecule has 1 heterocycles. The third-order valence-corrected chi connectivity index (χ3v) is 3.35. The summed E-state index contributed by atoms with van der Waals surface area (Å²) in [5.74, 6) is 1.47. The van der Waals surface area contributed by atoms with Crippen molar-refractivity contribution < 1.29 is 9.90 Å². The predicted octanol–water partition coefficient (Wildman–Crippen LogP) is 6.98. The van der Waals surface area contributed by atoms with Gasteiger partial charge < -0.3 is 10.1 Å². The molecule has 0 aliphatic heterocycles. The SMILES string of the molecule is C#CC.C=C/C=C\C=C/C.CC.CCCC.Cc1nc(SCC(=O)O)[nH]c1C. The van der Waals surface area contributed by atoms with Gasteiger partial charge >= 0.3 is 5.97 Å². The zero-order valence-corrected chi connectivity index (χ0v) is 19.8. The van der Waals surface area contributed by atoms with Crippen LogP contribution in [0.15, 0.2) is 42.1 Å². The van der Waals surface area contributed by atoms with Crippen LogP contribution in [0, 0.1) is 26.2 Å². The van der Waals surface area contributed by atoms with Crippen LogP contribution in [0.25, 0.3) is 0 Å². The number of hydrogen-bond acceptors (Lipinski definition) is 3. The summed E-state index contributed by atoms with van der Waals surface area (Å²) in [6.07, 6.45) is 16.7. The van der Waals surface area contributed by atoms with E-state index >= 15 is 0 Å². The van der Waals surface area contributed by atoms with Crippen LogP contribution in [0.1, 0.15) is 65.8 Å². The largest absolute Gasteiger partial charge is 0.481 e. The number of aliphatic carboxylic acids is 1. The summed E-state index contributed by atoms with van der Waals surface area (Å²) in [6.45, 7) is 19.3. The molecule has 28 heavy (non-hydrogen) atoms. The number of aromatic nitrogens is 2. The van der Waals surface area contributed by atoms with Crippen molar-refractivity contribution in [2.24, 2.45) is 0 Å². The summed E-state index contributed by atoms with van der Waals surface area (Å²) in [4.78, 5) is 17.3. The van der Waals surface area contributed by atoms with Gasteiger partial charge in [-0.15, -0.1) is 12.3 Å². The molecule has 0 atom stereocenters. The lowest BCUT2D eigenvalue weighted by Crippen LogP contribution is -1.97. The standard InChI is InChI=1S/C7H10N2O2S.C7H10.C4H10.C3H4.C2H6/c1-4-5(2)9-7(8-4)12-3-6(10)11;1-3-5-7-6-4-2;1-3-4-2;1-3-2;1-2/h3H2,1-2H3,(H,8,9)(H,10,11);3-7H,1H2,2H3;3-4H2,1-2H3;1H,2H3;1-2H3/b;6-4-,7-5-;;;. The van der Waals surface area contributed by atoms with E-state index in [9.17, 15) is 4.79 Å². The average molecular weight is 409 g/mol. The van der Waals surface area contributed by atoms with Crippen molar-refractivity contribution in [3.8, 4) is 12.3 Å². The Balaban J connectivity index is -0.000000154. The van der Waals surface area contributed by atoms with Gasteiger partial charge in [0.05, 0.1) is 11.4 Å². The van der Waals surface area contributed by atoms with Crippen LogP contribution in [0.2, 0.25) is 0 Å². The summed E-state index contributed by atoms with van der Waals surface area (Å²) in [5.41, 5.74) is 1.91. The minimum absolute atomic E-state index is 0.0480. The van der Waals surface area contributed by atoms with Gasteiger partial charge in [0.2, 0.25) is 0 Å². The maximum Gasteiger partial charge on any atom is 0.313 e. The molecule has 1 aromatic heterocycles. The summed E-state index contributed by atoms with van der Waals surface area (Å²) < 4.78 is 0. The fourth-order valence-corrected chi connectivity index (χ4v) is 1.65. The lowest BCUT2D eigenvalue weighted by Gasteiger charge is -1.90. The van der Waals surface area contributed by atoms with Crippen LogP contribution in [-0.2, 0) is 4.79 Å². The molecule has 5 heteroatoms. The minimum atomic E-state index is -0.827. The number of unbranched alkanes of at least 4 members (excludes halogenated alkanes) is 1. The van der Waals surface area contributed by atoms with E-state index in [1.165, 1.54) is 24.6 Å². The Bertz CT molecular complexity index is 546. The first-order valence-electron chi connectivity index (χ1n) is 9.49. The zero-order valence-electron chi connectivity index (χ0n) is 19.0. The summed E-state index contributed by atoms with van der Waals surface area (Å²) in [6, 6.07) is 0. The van der Waals surface area contributed by atoms with Crippen LogP contribution in [0.5, 0.6) is 0 Å². The van der Waals surface area contributed by atoms with Gasteiger partial charge in [-0.2, -0.15) is 0 Å². The summed E-state index contributed by atoms with van der Waals surface area (Å²) >= 11 is 1.20. The Kier molecular flexibility index (Phi) is 35.3. The number of hydrogen-bond donors (Lipinski definition) is 2. The molecule has 0 aromatic carbocycles. The van der Waals surface area contributed by atoms with E-state index in [1.54, 1.807) is 13.0 Å². The predicted molar refractivity (Wildman–Crippen MR) is 127 cm³/mol. The Morgan fingerprint density at radius 2 is 1.75 bits per heavy atom. The molecule has 1 aromatic rings. The van der Waals surface area contributed by atoms with Crippen molar-refractivity contribution in [2.45, 2.75) is 73.4 Å². The highest BCUT2D eigenvalue weighted by Crippen LogP contribution is 2.15. The third-order valence-electron chi connectivity index (χ3n) is 2.49. The third kappa shape index (κ3) is 31.6. The number of aryl methyl sites for hydroxylation is 2. The smallest absolute Gasteiger partial charge is 0.313 e. The van der Waals surface area contributed by atoms with E-state index in [2.05, 4.69) is 42.7 Å². The Labute approximate surface area is 177 Å². The van der Waals surface area contributed by atoms with E-state index in [4.69, 9.17) is 5.11 Å². The van der Waals surface area contributed by atoms with E-state index in [-0.39, 0.29) is 5.75 Å². The molecule has 0 spiro atoms. The fourth-order valence-electron chi connectivity index (χ4n) is 0.967. The molecular weight excluding hydrogens is 368 g/mol. The number of imidazole rings is 1. The van der Waals surface area contributed by atoms with Gasteiger partial charge in [0, 0.05) is 5.69 Å². The molecule has 1 rings (SSSR count). The lowest BCUT2D eigenvalue weighted by molar-refractivity contribution is -0.133. The molecular formula is C23H40N2O2S. The van der Waals surface area contributed by atoms with Crippen molar-refractivity contribution in [1.29, 1.82) is 0 Å². The molecule has 0 bridgehead atoms. The minimum Gasteiger partial charge on any atom is -0.481 e. The van der Waals surface area contributed by atoms with Gasteiger partial charge in [-0.05, 0) is 27.7 Å². The van der Waals surface area contributed by atoms with Crippen molar-refractivity contribution in [3.05, 3.63) is 48.3 Å².